The Balaban J connectivity index is 1.60. The Morgan fingerprint density at radius 1 is 1.00 bits per heavy atom. The van der Waals surface area contributed by atoms with Crippen LogP contribution in [0.4, 0.5) is 5.69 Å². The van der Waals surface area contributed by atoms with Gasteiger partial charge < -0.3 is 10.1 Å². The van der Waals surface area contributed by atoms with Gasteiger partial charge in [-0.25, -0.2) is 8.42 Å². The highest BCUT2D eigenvalue weighted by atomic mass is 32.2. The number of aryl methyl sites for hydroxylation is 1. The van der Waals surface area contributed by atoms with Crippen LogP contribution < -0.4 is 14.4 Å². The van der Waals surface area contributed by atoms with Crippen LogP contribution in [0.2, 0.25) is 0 Å². The Labute approximate surface area is 188 Å². The number of carbonyl (C=O) groups is 1. The topological polar surface area (TPSA) is 75.7 Å². The summed E-state index contributed by atoms with van der Waals surface area (Å²) >= 11 is 0. The van der Waals surface area contributed by atoms with Crippen molar-refractivity contribution in [2.75, 3.05) is 18.0 Å². The van der Waals surface area contributed by atoms with Crippen molar-refractivity contribution in [3.8, 4) is 5.75 Å². The molecule has 3 aromatic carbocycles. The molecular formula is C25H26N2O4S. The molecule has 0 aliphatic heterocycles. The van der Waals surface area contributed by atoms with Gasteiger partial charge in [0.05, 0.1) is 23.7 Å². The first-order chi connectivity index (χ1) is 15.5. The first-order valence-electron chi connectivity index (χ1n) is 10.6. The minimum atomic E-state index is -3.96. The lowest BCUT2D eigenvalue weighted by atomic mass is 9.88. The van der Waals surface area contributed by atoms with Gasteiger partial charge in [0.15, 0.2) is 0 Å². The highest BCUT2D eigenvalue weighted by Crippen LogP contribution is 2.30. The third kappa shape index (κ3) is 4.62. The largest absolute Gasteiger partial charge is 0.497 e. The zero-order valence-corrected chi connectivity index (χ0v) is 18.7. The van der Waals surface area contributed by atoms with Gasteiger partial charge in [0.2, 0.25) is 5.91 Å². The molecule has 0 saturated heterocycles. The fraction of sp³-hybridized carbons (Fsp3) is 0.240. The van der Waals surface area contributed by atoms with E-state index < -0.39 is 10.0 Å². The lowest BCUT2D eigenvalue weighted by molar-refractivity contribution is -0.120. The second kappa shape index (κ2) is 9.44. The molecule has 4 rings (SSSR count). The SMILES string of the molecule is COc1ccc(S(=O)(=O)N(CC(=O)N[C@H]2CCCc3ccccc32)c2ccccc2)cc1. The van der Waals surface area contributed by atoms with E-state index in [0.717, 1.165) is 29.1 Å². The van der Waals surface area contributed by atoms with Gasteiger partial charge in [-0.05, 0) is 66.8 Å². The molecule has 1 atom stereocenters. The summed E-state index contributed by atoms with van der Waals surface area (Å²) < 4.78 is 33.2. The first kappa shape index (κ1) is 21.9. The zero-order chi connectivity index (χ0) is 22.6. The Morgan fingerprint density at radius 2 is 1.69 bits per heavy atom. The van der Waals surface area contributed by atoms with Gasteiger partial charge >= 0.3 is 0 Å². The first-order valence-corrected chi connectivity index (χ1v) is 12.0. The number of fused-ring (bicyclic) bond motifs is 1. The van der Waals surface area contributed by atoms with Crippen LogP contribution in [0.3, 0.4) is 0 Å². The number of anilines is 1. The van der Waals surface area contributed by atoms with Gasteiger partial charge in [-0.2, -0.15) is 0 Å². The zero-order valence-electron chi connectivity index (χ0n) is 17.9. The van der Waals surface area contributed by atoms with Gasteiger partial charge in [-0.15, -0.1) is 0 Å². The van der Waals surface area contributed by atoms with E-state index in [9.17, 15) is 13.2 Å². The Morgan fingerprint density at radius 3 is 2.41 bits per heavy atom. The maximum Gasteiger partial charge on any atom is 0.264 e. The molecule has 1 aliphatic carbocycles. The van der Waals surface area contributed by atoms with Crippen LogP contribution in [-0.4, -0.2) is 28.0 Å². The van der Waals surface area contributed by atoms with E-state index in [4.69, 9.17) is 4.74 Å². The summed E-state index contributed by atoms with van der Waals surface area (Å²) in [6.45, 7) is -0.308. The predicted octanol–water partition coefficient (Wildman–Crippen LogP) is 4.08. The molecule has 1 amide bonds. The lowest BCUT2D eigenvalue weighted by Crippen LogP contribution is -2.42. The molecule has 32 heavy (non-hydrogen) atoms. The smallest absolute Gasteiger partial charge is 0.264 e. The maximum atomic E-state index is 13.5. The summed E-state index contributed by atoms with van der Waals surface area (Å²) in [5.41, 5.74) is 2.77. The molecule has 0 aromatic heterocycles. The van der Waals surface area contributed by atoms with E-state index in [-0.39, 0.29) is 23.4 Å². The number of para-hydroxylation sites is 1. The van der Waals surface area contributed by atoms with E-state index in [2.05, 4.69) is 11.4 Å². The monoisotopic (exact) mass is 450 g/mol. The molecule has 1 aliphatic rings. The van der Waals surface area contributed by atoms with Crippen molar-refractivity contribution < 1.29 is 17.9 Å². The van der Waals surface area contributed by atoms with Gasteiger partial charge in [-0.1, -0.05) is 42.5 Å². The number of amides is 1. The molecule has 0 fully saturated rings. The Kier molecular flexibility index (Phi) is 6.46. The number of nitrogens with one attached hydrogen (secondary N) is 1. The second-order valence-electron chi connectivity index (χ2n) is 7.73. The normalized spacial score (nSPS) is 15.5. The molecule has 0 bridgehead atoms. The molecule has 166 valence electrons. The summed E-state index contributed by atoms with van der Waals surface area (Å²) in [4.78, 5) is 13.1. The van der Waals surface area contributed by atoms with E-state index >= 15 is 0 Å². The van der Waals surface area contributed by atoms with Gasteiger partial charge in [0.25, 0.3) is 10.0 Å². The second-order valence-corrected chi connectivity index (χ2v) is 9.60. The third-order valence-corrected chi connectivity index (χ3v) is 7.47. The van der Waals surface area contributed by atoms with Gasteiger partial charge in [0.1, 0.15) is 12.3 Å². The van der Waals surface area contributed by atoms with Crippen molar-refractivity contribution in [1.82, 2.24) is 5.32 Å². The van der Waals surface area contributed by atoms with Crippen LogP contribution in [-0.2, 0) is 21.2 Å². The number of carbonyl (C=O) groups excluding carboxylic acids is 1. The van der Waals surface area contributed by atoms with E-state index in [1.54, 1.807) is 42.5 Å². The van der Waals surface area contributed by atoms with E-state index in [1.807, 2.05) is 18.2 Å². The van der Waals surface area contributed by atoms with Gasteiger partial charge in [0, 0.05) is 0 Å². The van der Waals surface area contributed by atoms with Crippen molar-refractivity contribution in [3.63, 3.8) is 0 Å². The molecule has 0 saturated carbocycles. The highest BCUT2D eigenvalue weighted by Gasteiger charge is 2.29. The summed E-state index contributed by atoms with van der Waals surface area (Å²) in [5, 5.41) is 3.05. The van der Waals surface area contributed by atoms with E-state index in [0.29, 0.717) is 11.4 Å². The van der Waals surface area contributed by atoms with Crippen molar-refractivity contribution in [2.45, 2.75) is 30.2 Å². The number of benzene rings is 3. The Hall–Kier alpha value is -3.32. The standard InChI is InChI=1S/C25H26N2O4S/c1-31-21-14-16-22(17-15-21)32(29,30)27(20-10-3-2-4-11-20)18-25(28)26-24-13-7-9-19-8-5-6-12-23(19)24/h2-6,8,10-12,14-17,24H,7,9,13,18H2,1H3,(H,26,28)/t24-/m0/s1. The summed E-state index contributed by atoms with van der Waals surface area (Å²) in [5.74, 6) is 0.219. The fourth-order valence-electron chi connectivity index (χ4n) is 4.06. The fourth-order valence-corrected chi connectivity index (χ4v) is 5.48. The van der Waals surface area contributed by atoms with E-state index in [1.165, 1.54) is 24.8 Å². The average molecular weight is 451 g/mol. The highest BCUT2D eigenvalue weighted by molar-refractivity contribution is 7.92. The van der Waals surface area contributed by atoms with Crippen LogP contribution >= 0.6 is 0 Å². The summed E-state index contributed by atoms with van der Waals surface area (Å²) in [6, 6.07) is 22.8. The number of sulfonamides is 1. The Bertz CT molecular complexity index is 1180. The molecule has 3 aromatic rings. The number of rotatable bonds is 7. The molecule has 0 unspecified atom stereocenters. The molecule has 6 nitrogen and oxygen atoms in total. The van der Waals surface area contributed by atoms with Crippen molar-refractivity contribution in [3.05, 3.63) is 90.0 Å². The van der Waals surface area contributed by atoms with Crippen molar-refractivity contribution in [2.24, 2.45) is 0 Å². The molecule has 0 radical (unpaired) electrons. The number of ether oxygens (including phenoxy) is 1. The molecule has 0 spiro atoms. The summed E-state index contributed by atoms with van der Waals surface area (Å²) in [7, 11) is -2.44. The molecule has 1 N–H and O–H groups in total. The minimum absolute atomic E-state index is 0.0953. The average Bonchev–Trinajstić information content (AvgIpc) is 2.83. The number of hydrogen-bond donors (Lipinski definition) is 1. The van der Waals surface area contributed by atoms with Crippen LogP contribution in [0.1, 0.15) is 30.0 Å². The quantitative estimate of drug-likeness (QED) is 0.588. The van der Waals surface area contributed by atoms with Crippen LogP contribution in [0.25, 0.3) is 0 Å². The maximum absolute atomic E-state index is 13.5. The predicted molar refractivity (Wildman–Crippen MR) is 124 cm³/mol. The minimum Gasteiger partial charge on any atom is -0.497 e. The van der Waals surface area contributed by atoms with Crippen molar-refractivity contribution in [1.29, 1.82) is 0 Å². The number of methoxy groups -OCH3 is 1. The van der Waals surface area contributed by atoms with Crippen LogP contribution in [0.15, 0.2) is 83.8 Å². The molecule has 7 heteroatoms. The molecular weight excluding hydrogens is 424 g/mol. The van der Waals surface area contributed by atoms with Gasteiger partial charge in [-0.3, -0.25) is 9.10 Å². The van der Waals surface area contributed by atoms with Crippen LogP contribution in [0.5, 0.6) is 5.75 Å². The third-order valence-electron chi connectivity index (χ3n) is 5.68. The number of nitrogens with zero attached hydrogens (tertiary/aromatic N) is 1. The molecule has 0 heterocycles. The lowest BCUT2D eigenvalue weighted by Gasteiger charge is -2.28. The number of hydrogen-bond acceptors (Lipinski definition) is 4. The van der Waals surface area contributed by atoms with Crippen molar-refractivity contribution >= 4 is 21.6 Å². The van der Waals surface area contributed by atoms with Crippen LogP contribution in [0, 0.1) is 0 Å². The summed E-state index contributed by atoms with van der Waals surface area (Å²) in [6.07, 6.45) is 2.80.